The van der Waals surface area contributed by atoms with Crippen molar-refractivity contribution in [1.82, 2.24) is 19.9 Å². The summed E-state index contributed by atoms with van der Waals surface area (Å²) in [6.07, 6.45) is 0. The Kier molecular flexibility index (Phi) is 7.18. The first kappa shape index (κ1) is 31.0. The molecule has 0 spiro atoms. The van der Waals surface area contributed by atoms with Crippen molar-refractivity contribution in [2.75, 3.05) is 0 Å². The minimum Gasteiger partial charge on any atom is -0.236 e. The van der Waals surface area contributed by atoms with Crippen molar-refractivity contribution >= 4 is 74.6 Å². The fourth-order valence-corrected chi connectivity index (χ4v) is 9.73. The molecular formula is C48H28N4S2. The number of thiazole rings is 1. The smallest absolute Gasteiger partial charge is 0.164 e. The highest BCUT2D eigenvalue weighted by atomic mass is 32.1. The highest BCUT2D eigenvalue weighted by molar-refractivity contribution is 7.26. The molecule has 0 bridgehead atoms. The molecule has 252 valence electrons. The van der Waals surface area contributed by atoms with E-state index in [4.69, 9.17) is 19.9 Å². The topological polar surface area (TPSA) is 51.6 Å². The molecule has 0 fully saturated rings. The van der Waals surface area contributed by atoms with Crippen LogP contribution >= 0.6 is 22.7 Å². The fourth-order valence-electron chi connectivity index (χ4n) is 7.59. The molecule has 3 aromatic heterocycles. The van der Waals surface area contributed by atoms with Gasteiger partial charge in [0.05, 0.1) is 10.2 Å². The van der Waals surface area contributed by atoms with Gasteiger partial charge in [0.25, 0.3) is 0 Å². The van der Waals surface area contributed by atoms with Gasteiger partial charge in [-0.2, -0.15) is 0 Å². The lowest BCUT2D eigenvalue weighted by molar-refractivity contribution is 1.08. The van der Waals surface area contributed by atoms with E-state index in [1.807, 2.05) is 12.1 Å². The molecule has 0 unspecified atom stereocenters. The lowest BCUT2D eigenvalue weighted by atomic mass is 9.96. The second-order valence-electron chi connectivity index (χ2n) is 13.4. The summed E-state index contributed by atoms with van der Waals surface area (Å²) in [7, 11) is 0. The van der Waals surface area contributed by atoms with E-state index in [-0.39, 0.29) is 0 Å². The predicted molar refractivity (Wildman–Crippen MR) is 228 cm³/mol. The lowest BCUT2D eigenvalue weighted by Gasteiger charge is -2.13. The standard InChI is InChI=1S/C48H28N4S2/c1-3-13-29(14-4-1)31-18-11-19-33(25-31)45-50-46(52-47(51-45)38-26-32-17-7-8-20-34(32)35-21-9-10-22-36(35)38)37-23-12-24-41-44(37)39-27-43-40(28-42(39)53-41)49-48(54-43)30-15-5-2-6-16-30/h1-28H. The summed E-state index contributed by atoms with van der Waals surface area (Å²) < 4.78 is 3.54. The number of hydrogen-bond acceptors (Lipinski definition) is 6. The fraction of sp³-hybridized carbons (Fsp3) is 0. The molecule has 0 amide bonds. The molecule has 0 radical (unpaired) electrons. The molecule has 0 saturated carbocycles. The van der Waals surface area contributed by atoms with E-state index in [2.05, 4.69) is 158 Å². The summed E-state index contributed by atoms with van der Waals surface area (Å²) in [6.45, 7) is 0. The normalized spacial score (nSPS) is 11.7. The van der Waals surface area contributed by atoms with Crippen LogP contribution in [-0.4, -0.2) is 19.9 Å². The van der Waals surface area contributed by atoms with Crippen molar-refractivity contribution in [3.63, 3.8) is 0 Å². The molecule has 0 N–H and O–H groups in total. The molecule has 11 aromatic rings. The Morgan fingerprint density at radius 2 is 0.981 bits per heavy atom. The molecule has 6 heteroatoms. The summed E-state index contributed by atoms with van der Waals surface area (Å²) in [5, 5.41) is 8.01. The zero-order valence-corrected chi connectivity index (χ0v) is 30.4. The van der Waals surface area contributed by atoms with Crippen molar-refractivity contribution in [1.29, 1.82) is 0 Å². The Morgan fingerprint density at radius 1 is 0.333 bits per heavy atom. The van der Waals surface area contributed by atoms with Gasteiger partial charge in [-0.25, -0.2) is 19.9 Å². The van der Waals surface area contributed by atoms with Crippen LogP contribution in [0.25, 0.3) is 108 Å². The zero-order valence-electron chi connectivity index (χ0n) is 28.8. The molecule has 0 saturated heterocycles. The predicted octanol–water partition coefficient (Wildman–Crippen LogP) is 13.5. The van der Waals surface area contributed by atoms with Crippen LogP contribution in [0.5, 0.6) is 0 Å². The van der Waals surface area contributed by atoms with Crippen molar-refractivity contribution in [3.8, 4) is 55.9 Å². The quantitative estimate of drug-likeness (QED) is 0.166. The molecule has 8 aromatic carbocycles. The van der Waals surface area contributed by atoms with Gasteiger partial charge in [0.1, 0.15) is 5.01 Å². The van der Waals surface area contributed by atoms with Gasteiger partial charge in [-0.05, 0) is 63.0 Å². The molecule has 11 rings (SSSR count). The number of hydrogen-bond donors (Lipinski definition) is 0. The molecule has 54 heavy (non-hydrogen) atoms. The Labute approximate surface area is 318 Å². The highest BCUT2D eigenvalue weighted by Gasteiger charge is 2.20. The Hall–Kier alpha value is -6.60. The minimum absolute atomic E-state index is 0.638. The molecule has 4 nitrogen and oxygen atoms in total. The van der Waals surface area contributed by atoms with Crippen LogP contribution in [-0.2, 0) is 0 Å². The van der Waals surface area contributed by atoms with Crippen molar-refractivity contribution in [2.24, 2.45) is 0 Å². The Balaban J connectivity index is 1.16. The lowest BCUT2D eigenvalue weighted by Crippen LogP contribution is -2.01. The van der Waals surface area contributed by atoms with E-state index in [9.17, 15) is 0 Å². The third kappa shape index (κ3) is 5.18. The molecule has 0 aliphatic carbocycles. The molecule has 3 heterocycles. The minimum atomic E-state index is 0.638. The number of nitrogens with zero attached hydrogens (tertiary/aromatic N) is 4. The number of benzene rings is 8. The van der Waals surface area contributed by atoms with Crippen LogP contribution in [0.4, 0.5) is 0 Å². The van der Waals surface area contributed by atoms with E-state index in [0.717, 1.165) is 64.8 Å². The second-order valence-corrected chi connectivity index (χ2v) is 15.5. The third-order valence-electron chi connectivity index (χ3n) is 10.1. The van der Waals surface area contributed by atoms with E-state index in [1.54, 1.807) is 22.7 Å². The van der Waals surface area contributed by atoms with Crippen LogP contribution < -0.4 is 0 Å². The summed E-state index contributed by atoms with van der Waals surface area (Å²) >= 11 is 3.52. The molecule has 0 aliphatic heterocycles. The van der Waals surface area contributed by atoms with Gasteiger partial charge in [-0.15, -0.1) is 22.7 Å². The molecular weight excluding hydrogens is 697 g/mol. The molecule has 0 atom stereocenters. The number of fused-ring (bicyclic) bond motifs is 7. The monoisotopic (exact) mass is 724 g/mol. The van der Waals surface area contributed by atoms with Crippen LogP contribution in [0.1, 0.15) is 0 Å². The molecule has 0 aliphatic rings. The number of thiophene rings is 1. The van der Waals surface area contributed by atoms with Gasteiger partial charge in [-0.3, -0.25) is 0 Å². The van der Waals surface area contributed by atoms with Crippen LogP contribution in [0.3, 0.4) is 0 Å². The third-order valence-corrected chi connectivity index (χ3v) is 12.3. The first-order valence-electron chi connectivity index (χ1n) is 17.9. The van der Waals surface area contributed by atoms with Gasteiger partial charge in [0, 0.05) is 42.4 Å². The van der Waals surface area contributed by atoms with Gasteiger partial charge < -0.3 is 0 Å². The van der Waals surface area contributed by atoms with E-state index in [1.165, 1.54) is 25.6 Å². The van der Waals surface area contributed by atoms with Crippen molar-refractivity contribution < 1.29 is 0 Å². The number of rotatable bonds is 5. The maximum Gasteiger partial charge on any atom is 0.164 e. The maximum absolute atomic E-state index is 5.35. The van der Waals surface area contributed by atoms with Gasteiger partial charge >= 0.3 is 0 Å². The second kappa shape index (κ2) is 12.5. The zero-order chi connectivity index (χ0) is 35.6. The highest BCUT2D eigenvalue weighted by Crippen LogP contribution is 2.43. The average molecular weight is 725 g/mol. The van der Waals surface area contributed by atoms with Crippen molar-refractivity contribution in [3.05, 3.63) is 170 Å². The largest absolute Gasteiger partial charge is 0.236 e. The van der Waals surface area contributed by atoms with Crippen LogP contribution in [0, 0.1) is 0 Å². The van der Waals surface area contributed by atoms with Gasteiger partial charge in [0.2, 0.25) is 0 Å². The van der Waals surface area contributed by atoms with E-state index < -0.39 is 0 Å². The average Bonchev–Trinajstić information content (AvgIpc) is 3.83. The SMILES string of the molecule is c1ccc(-c2cccc(-c3nc(-c4cc5ccccc5c5ccccc45)nc(-c4cccc5sc6cc7nc(-c8ccccc8)sc7cc6c45)n3)c2)cc1. The Bertz CT molecular complexity index is 3220. The summed E-state index contributed by atoms with van der Waals surface area (Å²) in [5.41, 5.74) is 7.32. The van der Waals surface area contributed by atoms with Crippen molar-refractivity contribution in [2.45, 2.75) is 0 Å². The van der Waals surface area contributed by atoms with E-state index >= 15 is 0 Å². The Morgan fingerprint density at radius 3 is 1.81 bits per heavy atom. The summed E-state index contributed by atoms with van der Waals surface area (Å²) in [5.74, 6) is 1.94. The van der Waals surface area contributed by atoms with Gasteiger partial charge in [0.15, 0.2) is 17.5 Å². The first-order chi connectivity index (χ1) is 26.7. The maximum atomic E-state index is 5.35. The van der Waals surface area contributed by atoms with Crippen LogP contribution in [0.2, 0.25) is 0 Å². The van der Waals surface area contributed by atoms with Gasteiger partial charge in [-0.1, -0.05) is 140 Å². The summed E-state index contributed by atoms with van der Waals surface area (Å²) in [6, 6.07) is 59.7. The number of aromatic nitrogens is 4. The van der Waals surface area contributed by atoms with Crippen LogP contribution in [0.15, 0.2) is 170 Å². The first-order valence-corrected chi connectivity index (χ1v) is 19.5. The summed E-state index contributed by atoms with van der Waals surface area (Å²) in [4.78, 5) is 21.0. The van der Waals surface area contributed by atoms with E-state index in [0.29, 0.717) is 17.5 Å².